The highest BCUT2D eigenvalue weighted by Gasteiger charge is 2.41. The van der Waals surface area contributed by atoms with Crippen molar-refractivity contribution in [1.29, 1.82) is 0 Å². The van der Waals surface area contributed by atoms with Gasteiger partial charge in [0.2, 0.25) is 0 Å². The van der Waals surface area contributed by atoms with Crippen molar-refractivity contribution in [1.82, 2.24) is 4.90 Å². The van der Waals surface area contributed by atoms with E-state index < -0.39 is 29.6 Å². The first kappa shape index (κ1) is 17.1. The number of carbonyl (C=O) groups is 3. The summed E-state index contributed by atoms with van der Waals surface area (Å²) >= 11 is 5.88. The van der Waals surface area contributed by atoms with Gasteiger partial charge in [0.05, 0.1) is 16.1 Å². The Hall–Kier alpha value is -2.73. The van der Waals surface area contributed by atoms with E-state index in [1.165, 1.54) is 31.2 Å². The molecule has 0 saturated carbocycles. The first-order chi connectivity index (χ1) is 11.9. The highest BCUT2D eigenvalue weighted by molar-refractivity contribution is 6.31. The minimum atomic E-state index is -1.09. The summed E-state index contributed by atoms with van der Waals surface area (Å²) in [5.41, 5.74) is 0.938. The average molecular weight is 362 g/mol. The van der Waals surface area contributed by atoms with Crippen LogP contribution >= 0.6 is 11.6 Å². The molecule has 0 fully saturated rings. The molecule has 1 heterocycles. The van der Waals surface area contributed by atoms with Crippen molar-refractivity contribution in [2.45, 2.75) is 19.6 Å². The second-order valence-corrected chi connectivity index (χ2v) is 5.95. The van der Waals surface area contributed by atoms with Crippen molar-refractivity contribution in [3.05, 3.63) is 70.0 Å². The molecule has 25 heavy (non-hydrogen) atoms. The zero-order valence-electron chi connectivity index (χ0n) is 13.2. The van der Waals surface area contributed by atoms with Crippen LogP contribution in [0.15, 0.2) is 42.5 Å². The van der Waals surface area contributed by atoms with Crippen molar-refractivity contribution in [3.8, 4) is 0 Å². The molecule has 1 atom stereocenters. The molecule has 1 aliphatic heterocycles. The maximum absolute atomic E-state index is 13.0. The maximum atomic E-state index is 13.0. The number of carbonyl (C=O) groups excluding carboxylic acids is 3. The molecule has 0 saturated heterocycles. The zero-order valence-corrected chi connectivity index (χ0v) is 13.9. The molecule has 7 heteroatoms. The van der Waals surface area contributed by atoms with Crippen molar-refractivity contribution in [3.63, 3.8) is 0 Å². The van der Waals surface area contributed by atoms with E-state index in [-0.39, 0.29) is 22.8 Å². The van der Waals surface area contributed by atoms with E-state index in [0.29, 0.717) is 5.56 Å². The minimum absolute atomic E-state index is 0.126. The number of halogens is 2. The topological polar surface area (TPSA) is 63.7 Å². The first-order valence-corrected chi connectivity index (χ1v) is 7.85. The van der Waals surface area contributed by atoms with Gasteiger partial charge in [-0.3, -0.25) is 14.5 Å². The number of ether oxygens (including phenoxy) is 1. The van der Waals surface area contributed by atoms with Crippen LogP contribution in [0.1, 0.15) is 33.2 Å². The fourth-order valence-electron chi connectivity index (χ4n) is 2.57. The Morgan fingerprint density at radius 3 is 2.32 bits per heavy atom. The molecule has 5 nitrogen and oxygen atoms in total. The monoisotopic (exact) mass is 361 g/mol. The summed E-state index contributed by atoms with van der Waals surface area (Å²) in [6.45, 7) is 1.22. The van der Waals surface area contributed by atoms with E-state index in [1.807, 2.05) is 0 Å². The first-order valence-electron chi connectivity index (χ1n) is 7.47. The van der Waals surface area contributed by atoms with Crippen LogP contribution in [0.5, 0.6) is 0 Å². The third-order valence-corrected chi connectivity index (χ3v) is 4.29. The number of amides is 2. The van der Waals surface area contributed by atoms with Crippen LogP contribution in [0, 0.1) is 5.82 Å². The van der Waals surface area contributed by atoms with E-state index in [4.69, 9.17) is 16.3 Å². The Labute approximate surface area is 147 Å². The molecule has 128 valence electrons. The lowest BCUT2D eigenvalue weighted by atomic mass is 10.1. The van der Waals surface area contributed by atoms with Crippen LogP contribution in [0.2, 0.25) is 5.02 Å². The van der Waals surface area contributed by atoms with E-state index in [0.717, 1.165) is 11.0 Å². The Bertz CT molecular complexity index is 848. The van der Waals surface area contributed by atoms with Crippen LogP contribution in [-0.2, 0) is 16.1 Å². The number of esters is 1. The predicted molar refractivity (Wildman–Crippen MR) is 87.6 cm³/mol. The molecular formula is C18H13ClFNO4. The molecule has 0 bridgehead atoms. The lowest BCUT2D eigenvalue weighted by Crippen LogP contribution is -2.43. The fourth-order valence-corrected chi connectivity index (χ4v) is 2.80. The molecule has 0 radical (unpaired) electrons. The summed E-state index contributed by atoms with van der Waals surface area (Å²) in [7, 11) is 0. The predicted octanol–water partition coefficient (Wildman–Crippen LogP) is 3.21. The van der Waals surface area contributed by atoms with E-state index in [9.17, 15) is 18.8 Å². The third-order valence-electron chi connectivity index (χ3n) is 3.94. The van der Waals surface area contributed by atoms with Crippen LogP contribution < -0.4 is 0 Å². The van der Waals surface area contributed by atoms with Crippen LogP contribution in [-0.4, -0.2) is 28.7 Å². The fraction of sp³-hybridized carbons (Fsp3) is 0.167. The Morgan fingerprint density at radius 2 is 1.76 bits per heavy atom. The van der Waals surface area contributed by atoms with Gasteiger partial charge in [0.1, 0.15) is 18.5 Å². The summed E-state index contributed by atoms with van der Waals surface area (Å²) in [5.74, 6) is -2.33. The zero-order chi connectivity index (χ0) is 18.1. The van der Waals surface area contributed by atoms with E-state index in [1.54, 1.807) is 12.1 Å². The smallest absolute Gasteiger partial charge is 0.329 e. The van der Waals surface area contributed by atoms with Gasteiger partial charge in [-0.1, -0.05) is 29.8 Å². The van der Waals surface area contributed by atoms with Gasteiger partial charge in [-0.25, -0.2) is 9.18 Å². The Kier molecular flexibility index (Phi) is 4.55. The lowest BCUT2D eigenvalue weighted by Gasteiger charge is -2.21. The van der Waals surface area contributed by atoms with Crippen LogP contribution in [0.3, 0.4) is 0 Å². The number of nitrogens with zero attached hydrogens (tertiary/aromatic N) is 1. The normalized spacial score (nSPS) is 14.4. The largest absolute Gasteiger partial charge is 0.459 e. The summed E-state index contributed by atoms with van der Waals surface area (Å²) in [4.78, 5) is 37.8. The molecular weight excluding hydrogens is 349 g/mol. The van der Waals surface area contributed by atoms with Crippen molar-refractivity contribution in [2.75, 3.05) is 0 Å². The summed E-state index contributed by atoms with van der Waals surface area (Å²) < 4.78 is 18.1. The molecule has 0 aliphatic carbocycles. The quantitative estimate of drug-likeness (QED) is 0.619. The van der Waals surface area contributed by atoms with Gasteiger partial charge in [-0.15, -0.1) is 0 Å². The molecule has 1 unspecified atom stereocenters. The summed E-state index contributed by atoms with van der Waals surface area (Å²) in [5, 5.41) is 0.126. The second-order valence-electron chi connectivity index (χ2n) is 5.55. The van der Waals surface area contributed by atoms with Gasteiger partial charge < -0.3 is 4.74 Å². The Morgan fingerprint density at radius 1 is 1.16 bits per heavy atom. The van der Waals surface area contributed by atoms with Gasteiger partial charge in [0.25, 0.3) is 11.8 Å². The lowest BCUT2D eigenvalue weighted by molar-refractivity contribution is -0.149. The summed E-state index contributed by atoms with van der Waals surface area (Å²) in [6, 6.07) is 8.97. The number of hydrogen-bond acceptors (Lipinski definition) is 4. The standard InChI is InChI=1S/C18H13ClFNO4/c1-10(18(24)25-9-11-6-7-12(20)8-15(11)19)21-16(22)13-4-2-3-5-14(13)17(21)23/h2-8,10H,9H2,1H3. The van der Waals surface area contributed by atoms with Crippen molar-refractivity contribution >= 4 is 29.4 Å². The molecule has 2 amide bonds. The van der Waals surface area contributed by atoms with E-state index >= 15 is 0 Å². The van der Waals surface area contributed by atoms with Crippen molar-refractivity contribution in [2.24, 2.45) is 0 Å². The highest BCUT2D eigenvalue weighted by atomic mass is 35.5. The summed E-state index contributed by atoms with van der Waals surface area (Å²) in [6.07, 6.45) is 0. The van der Waals surface area contributed by atoms with E-state index in [2.05, 4.69) is 0 Å². The molecule has 1 aliphatic rings. The molecule has 2 aromatic rings. The SMILES string of the molecule is CC(C(=O)OCc1ccc(F)cc1Cl)N1C(=O)c2ccccc2C1=O. The molecule has 0 N–H and O–H groups in total. The van der Waals surface area contributed by atoms with Gasteiger partial charge >= 0.3 is 5.97 Å². The number of hydrogen-bond donors (Lipinski definition) is 0. The number of rotatable bonds is 4. The average Bonchev–Trinajstić information content (AvgIpc) is 2.85. The number of fused-ring (bicyclic) bond motifs is 1. The number of benzene rings is 2. The van der Waals surface area contributed by atoms with Gasteiger partial charge in [-0.05, 0) is 31.2 Å². The maximum Gasteiger partial charge on any atom is 0.329 e. The van der Waals surface area contributed by atoms with Gasteiger partial charge in [-0.2, -0.15) is 0 Å². The third kappa shape index (κ3) is 3.13. The molecule has 0 aromatic heterocycles. The highest BCUT2D eigenvalue weighted by Crippen LogP contribution is 2.25. The van der Waals surface area contributed by atoms with Crippen molar-refractivity contribution < 1.29 is 23.5 Å². The van der Waals surface area contributed by atoms with Gasteiger partial charge in [0.15, 0.2) is 0 Å². The molecule has 3 rings (SSSR count). The molecule has 0 spiro atoms. The molecule has 2 aromatic carbocycles. The minimum Gasteiger partial charge on any atom is -0.459 e. The second kappa shape index (κ2) is 6.64. The van der Waals surface area contributed by atoms with Crippen LogP contribution in [0.25, 0.3) is 0 Å². The van der Waals surface area contributed by atoms with Crippen LogP contribution in [0.4, 0.5) is 4.39 Å². The van der Waals surface area contributed by atoms with Gasteiger partial charge in [0, 0.05) is 5.56 Å². The Balaban J connectivity index is 1.71. The number of imide groups is 1.